The number of Topliss-reactive ketones (excluding diaryl/α,β-unsaturated/α-hetero) is 1. The number of hydrogen-bond donors (Lipinski definition) is 1. The third-order valence-electron chi connectivity index (χ3n) is 4.81. The molecule has 130 valence electrons. The molecule has 1 aliphatic rings. The van der Waals surface area contributed by atoms with Crippen LogP contribution < -0.4 is 4.74 Å². The first-order chi connectivity index (χ1) is 12.0. The molecular weight excluding hydrogens is 316 g/mol. The van der Waals surface area contributed by atoms with E-state index in [4.69, 9.17) is 9.84 Å². The number of carboxylic acid groups (broad SMARTS) is 1. The number of aryl methyl sites for hydroxylation is 2. The van der Waals surface area contributed by atoms with Crippen LogP contribution in [-0.4, -0.2) is 23.5 Å². The van der Waals surface area contributed by atoms with Crippen LogP contribution in [0.25, 0.3) is 11.1 Å². The number of ketones is 1. The summed E-state index contributed by atoms with van der Waals surface area (Å²) >= 11 is 0. The Bertz CT molecular complexity index is 836. The van der Waals surface area contributed by atoms with Crippen molar-refractivity contribution in [2.24, 2.45) is 0 Å². The first-order valence-corrected chi connectivity index (χ1v) is 8.58. The standard InChI is InChI=1S/C21H22O4/c1-13-5-3-6-16(14(13)2)18-11-15-8-9-19(22)17(15)12-20(18)25-10-4-7-21(23)24/h3,5-6,11-12H,4,7-10H2,1-2H3,(H,23,24). The van der Waals surface area contributed by atoms with Crippen LogP contribution in [-0.2, 0) is 11.2 Å². The number of hydrogen-bond acceptors (Lipinski definition) is 3. The van der Waals surface area contributed by atoms with E-state index in [1.165, 1.54) is 11.1 Å². The minimum absolute atomic E-state index is 0.0721. The average molecular weight is 338 g/mol. The molecule has 0 spiro atoms. The van der Waals surface area contributed by atoms with Crippen LogP contribution in [0, 0.1) is 13.8 Å². The molecule has 2 aromatic rings. The van der Waals surface area contributed by atoms with E-state index >= 15 is 0 Å². The van der Waals surface area contributed by atoms with Crippen LogP contribution >= 0.6 is 0 Å². The van der Waals surface area contributed by atoms with Crippen LogP contribution in [0.2, 0.25) is 0 Å². The van der Waals surface area contributed by atoms with Gasteiger partial charge in [0.05, 0.1) is 6.61 Å². The van der Waals surface area contributed by atoms with E-state index in [9.17, 15) is 9.59 Å². The minimum Gasteiger partial charge on any atom is -0.493 e. The Kier molecular flexibility index (Phi) is 4.88. The van der Waals surface area contributed by atoms with Gasteiger partial charge in [0.15, 0.2) is 5.78 Å². The Balaban J connectivity index is 1.99. The Morgan fingerprint density at radius 2 is 1.92 bits per heavy atom. The first-order valence-electron chi connectivity index (χ1n) is 8.58. The molecular formula is C21H22O4. The van der Waals surface area contributed by atoms with Gasteiger partial charge in [0.25, 0.3) is 0 Å². The van der Waals surface area contributed by atoms with Gasteiger partial charge in [-0.25, -0.2) is 0 Å². The van der Waals surface area contributed by atoms with E-state index in [-0.39, 0.29) is 12.2 Å². The van der Waals surface area contributed by atoms with Crippen molar-refractivity contribution in [1.82, 2.24) is 0 Å². The van der Waals surface area contributed by atoms with Crippen molar-refractivity contribution >= 4 is 11.8 Å². The molecule has 0 unspecified atom stereocenters. The summed E-state index contributed by atoms with van der Waals surface area (Å²) in [6, 6.07) is 10.1. The van der Waals surface area contributed by atoms with E-state index in [2.05, 4.69) is 32.0 Å². The monoisotopic (exact) mass is 338 g/mol. The SMILES string of the molecule is Cc1cccc(-c2cc3c(cc2OCCCC(=O)O)C(=O)CC3)c1C. The number of aliphatic carboxylic acids is 1. The third-order valence-corrected chi connectivity index (χ3v) is 4.81. The number of benzene rings is 2. The van der Waals surface area contributed by atoms with Crippen molar-refractivity contribution in [2.75, 3.05) is 6.61 Å². The summed E-state index contributed by atoms with van der Waals surface area (Å²) < 4.78 is 5.89. The van der Waals surface area contributed by atoms with Crippen molar-refractivity contribution in [3.8, 4) is 16.9 Å². The van der Waals surface area contributed by atoms with Crippen molar-refractivity contribution in [1.29, 1.82) is 0 Å². The van der Waals surface area contributed by atoms with E-state index in [0.717, 1.165) is 28.7 Å². The van der Waals surface area contributed by atoms with Gasteiger partial charge in [-0.1, -0.05) is 18.2 Å². The fourth-order valence-electron chi connectivity index (χ4n) is 3.25. The molecule has 0 aliphatic heterocycles. The first kappa shape index (κ1) is 17.2. The highest BCUT2D eigenvalue weighted by molar-refractivity contribution is 6.01. The summed E-state index contributed by atoms with van der Waals surface area (Å²) in [6.07, 6.45) is 1.82. The highest BCUT2D eigenvalue weighted by atomic mass is 16.5. The second kappa shape index (κ2) is 7.09. The molecule has 3 rings (SSSR count). The quantitative estimate of drug-likeness (QED) is 0.796. The number of fused-ring (bicyclic) bond motifs is 1. The maximum absolute atomic E-state index is 12.1. The highest BCUT2D eigenvalue weighted by Gasteiger charge is 2.23. The number of carbonyl (C=O) groups is 2. The van der Waals surface area contributed by atoms with Gasteiger partial charge in [-0.3, -0.25) is 9.59 Å². The Hall–Kier alpha value is -2.62. The van der Waals surface area contributed by atoms with Gasteiger partial charge >= 0.3 is 5.97 Å². The summed E-state index contributed by atoms with van der Waals surface area (Å²) in [5, 5.41) is 8.77. The fraction of sp³-hybridized carbons (Fsp3) is 0.333. The van der Waals surface area contributed by atoms with Crippen molar-refractivity contribution in [3.05, 3.63) is 52.6 Å². The average Bonchev–Trinajstić information content (AvgIpc) is 2.94. The predicted molar refractivity (Wildman–Crippen MR) is 96.4 cm³/mol. The maximum Gasteiger partial charge on any atom is 0.303 e. The summed E-state index contributed by atoms with van der Waals surface area (Å²) in [7, 11) is 0. The largest absolute Gasteiger partial charge is 0.493 e. The van der Waals surface area contributed by atoms with E-state index in [0.29, 0.717) is 25.2 Å². The van der Waals surface area contributed by atoms with Gasteiger partial charge in [-0.05, 0) is 61.1 Å². The van der Waals surface area contributed by atoms with Gasteiger partial charge in [-0.2, -0.15) is 0 Å². The lowest BCUT2D eigenvalue weighted by Gasteiger charge is -2.16. The van der Waals surface area contributed by atoms with Gasteiger partial charge in [0.2, 0.25) is 0 Å². The van der Waals surface area contributed by atoms with Crippen LogP contribution in [0.3, 0.4) is 0 Å². The molecule has 4 heteroatoms. The van der Waals surface area contributed by atoms with Gasteiger partial charge in [-0.15, -0.1) is 0 Å². The Labute approximate surface area is 147 Å². The lowest BCUT2D eigenvalue weighted by Crippen LogP contribution is -2.04. The molecule has 0 amide bonds. The molecule has 2 aromatic carbocycles. The molecule has 0 radical (unpaired) electrons. The third kappa shape index (κ3) is 3.58. The van der Waals surface area contributed by atoms with Crippen LogP contribution in [0.15, 0.2) is 30.3 Å². The molecule has 1 aliphatic carbocycles. The molecule has 0 bridgehead atoms. The number of ether oxygens (including phenoxy) is 1. The smallest absolute Gasteiger partial charge is 0.303 e. The normalized spacial score (nSPS) is 13.0. The second-order valence-electron chi connectivity index (χ2n) is 6.52. The Morgan fingerprint density at radius 1 is 1.12 bits per heavy atom. The second-order valence-corrected chi connectivity index (χ2v) is 6.52. The van der Waals surface area contributed by atoms with E-state index in [1.54, 1.807) is 0 Å². The van der Waals surface area contributed by atoms with E-state index in [1.807, 2.05) is 12.1 Å². The van der Waals surface area contributed by atoms with Crippen molar-refractivity contribution in [2.45, 2.75) is 39.5 Å². The number of rotatable bonds is 6. The summed E-state index contributed by atoms with van der Waals surface area (Å²) in [6.45, 7) is 4.47. The lowest BCUT2D eigenvalue weighted by atomic mass is 9.94. The van der Waals surface area contributed by atoms with Crippen LogP contribution in [0.1, 0.15) is 46.3 Å². The lowest BCUT2D eigenvalue weighted by molar-refractivity contribution is -0.137. The van der Waals surface area contributed by atoms with Gasteiger partial charge < -0.3 is 9.84 Å². The predicted octanol–water partition coefficient (Wildman–Crippen LogP) is 4.34. The molecule has 0 atom stereocenters. The molecule has 0 saturated heterocycles. The molecule has 1 N–H and O–H groups in total. The summed E-state index contributed by atoms with van der Waals surface area (Å²) in [4.78, 5) is 22.7. The maximum atomic E-state index is 12.1. The fourth-order valence-corrected chi connectivity index (χ4v) is 3.25. The zero-order valence-electron chi connectivity index (χ0n) is 14.6. The molecule has 0 heterocycles. The molecule has 0 fully saturated rings. The molecule has 0 saturated carbocycles. The van der Waals surface area contributed by atoms with Crippen molar-refractivity contribution < 1.29 is 19.4 Å². The minimum atomic E-state index is -0.831. The van der Waals surface area contributed by atoms with Crippen molar-refractivity contribution in [3.63, 3.8) is 0 Å². The summed E-state index contributed by atoms with van der Waals surface area (Å²) in [5.41, 5.74) is 6.26. The zero-order chi connectivity index (χ0) is 18.0. The van der Waals surface area contributed by atoms with Crippen LogP contribution in [0.4, 0.5) is 0 Å². The molecule has 4 nitrogen and oxygen atoms in total. The van der Waals surface area contributed by atoms with E-state index < -0.39 is 5.97 Å². The van der Waals surface area contributed by atoms with Crippen LogP contribution in [0.5, 0.6) is 5.75 Å². The topological polar surface area (TPSA) is 63.6 Å². The number of carbonyl (C=O) groups excluding carboxylic acids is 1. The molecule has 0 aromatic heterocycles. The zero-order valence-corrected chi connectivity index (χ0v) is 14.6. The van der Waals surface area contributed by atoms with Gasteiger partial charge in [0.1, 0.15) is 5.75 Å². The number of carboxylic acids is 1. The van der Waals surface area contributed by atoms with Gasteiger partial charge in [0, 0.05) is 24.0 Å². The summed E-state index contributed by atoms with van der Waals surface area (Å²) in [5.74, 6) is -0.0199. The Morgan fingerprint density at radius 3 is 2.68 bits per heavy atom. The molecule has 25 heavy (non-hydrogen) atoms. The highest BCUT2D eigenvalue weighted by Crippen LogP contribution is 2.38.